The maximum atomic E-state index is 12.4. The van der Waals surface area contributed by atoms with Gasteiger partial charge in [0.05, 0.1) is 6.04 Å². The molecule has 0 aliphatic rings. The van der Waals surface area contributed by atoms with Crippen molar-refractivity contribution in [1.29, 1.82) is 0 Å². The Morgan fingerprint density at radius 1 is 1.28 bits per heavy atom. The lowest BCUT2D eigenvalue weighted by molar-refractivity contribution is -0.122. The van der Waals surface area contributed by atoms with Gasteiger partial charge >= 0.3 is 0 Å². The number of amides is 1. The van der Waals surface area contributed by atoms with Gasteiger partial charge in [0.1, 0.15) is 10.6 Å². The lowest BCUT2D eigenvalue weighted by Gasteiger charge is -2.14. The van der Waals surface area contributed by atoms with Crippen LogP contribution in [0.4, 0.5) is 0 Å². The van der Waals surface area contributed by atoms with E-state index in [1.54, 1.807) is 11.8 Å². The van der Waals surface area contributed by atoms with Crippen molar-refractivity contribution in [2.45, 2.75) is 36.6 Å². The Kier molecular flexibility index (Phi) is 6.63. The topological polar surface area (TPSA) is 101 Å². The Balaban J connectivity index is 1.84. The lowest BCUT2D eigenvalue weighted by atomic mass is 10.3. The standard InChI is InChI=1S/C16H21N3O4S2/c1-11-15(13(3)23-18-11)25(21,22)19-12(2)16(20)17-9-10-24-14-7-5-4-6-8-14/h4-8,12,19H,9-10H2,1-3H3,(H,17,20)/t12-/m0/s1. The summed E-state index contributed by atoms with van der Waals surface area (Å²) in [5.41, 5.74) is 0.261. The molecular weight excluding hydrogens is 362 g/mol. The number of rotatable bonds is 8. The minimum absolute atomic E-state index is 0.0215. The number of carbonyl (C=O) groups is 1. The second-order valence-electron chi connectivity index (χ2n) is 5.45. The fourth-order valence-corrected chi connectivity index (χ4v) is 4.54. The average Bonchev–Trinajstić information content (AvgIpc) is 2.91. The van der Waals surface area contributed by atoms with Gasteiger partial charge in [0.25, 0.3) is 0 Å². The summed E-state index contributed by atoms with van der Waals surface area (Å²) in [6.45, 7) is 4.99. The Morgan fingerprint density at radius 3 is 2.56 bits per heavy atom. The second-order valence-corrected chi connectivity index (χ2v) is 8.27. The number of aromatic nitrogens is 1. The third-order valence-electron chi connectivity index (χ3n) is 3.38. The van der Waals surface area contributed by atoms with Gasteiger partial charge in [-0.25, -0.2) is 8.42 Å². The van der Waals surface area contributed by atoms with Crippen molar-refractivity contribution >= 4 is 27.7 Å². The van der Waals surface area contributed by atoms with Crippen LogP contribution in [0.3, 0.4) is 0 Å². The van der Waals surface area contributed by atoms with Gasteiger partial charge in [-0.1, -0.05) is 23.4 Å². The van der Waals surface area contributed by atoms with Gasteiger partial charge in [-0.3, -0.25) is 4.79 Å². The maximum Gasteiger partial charge on any atom is 0.246 e. The van der Waals surface area contributed by atoms with E-state index in [4.69, 9.17) is 4.52 Å². The largest absolute Gasteiger partial charge is 0.360 e. The van der Waals surface area contributed by atoms with Gasteiger partial charge in [-0.15, -0.1) is 11.8 Å². The van der Waals surface area contributed by atoms with Crippen LogP contribution in [-0.4, -0.2) is 37.8 Å². The smallest absolute Gasteiger partial charge is 0.246 e. The van der Waals surface area contributed by atoms with Crippen molar-refractivity contribution in [2.24, 2.45) is 0 Å². The number of hydrogen-bond acceptors (Lipinski definition) is 6. The molecule has 9 heteroatoms. The lowest BCUT2D eigenvalue weighted by Crippen LogP contribution is -2.45. The number of thioether (sulfide) groups is 1. The Labute approximate surface area is 151 Å². The van der Waals surface area contributed by atoms with Gasteiger partial charge < -0.3 is 9.84 Å². The van der Waals surface area contributed by atoms with E-state index in [0.717, 1.165) is 4.90 Å². The Hall–Kier alpha value is -1.84. The third kappa shape index (κ3) is 5.32. The van der Waals surface area contributed by atoms with Crippen LogP contribution >= 0.6 is 11.8 Å². The molecule has 1 heterocycles. The minimum Gasteiger partial charge on any atom is -0.360 e. The highest BCUT2D eigenvalue weighted by Gasteiger charge is 2.27. The number of benzene rings is 1. The average molecular weight is 383 g/mol. The Bertz CT molecular complexity index is 800. The molecule has 1 aromatic heterocycles. The van der Waals surface area contributed by atoms with Crippen LogP contribution in [0, 0.1) is 13.8 Å². The van der Waals surface area contributed by atoms with Gasteiger partial charge in [0.2, 0.25) is 15.9 Å². The van der Waals surface area contributed by atoms with Crippen molar-refractivity contribution in [3.05, 3.63) is 41.8 Å². The first-order chi connectivity index (χ1) is 11.8. The molecule has 2 N–H and O–H groups in total. The van der Waals surface area contributed by atoms with Crippen LogP contribution in [0.15, 0.2) is 44.6 Å². The molecule has 0 saturated heterocycles. The van der Waals surface area contributed by atoms with Crippen molar-refractivity contribution < 1.29 is 17.7 Å². The highest BCUT2D eigenvalue weighted by Crippen LogP contribution is 2.19. The molecule has 0 spiro atoms. The van der Waals surface area contributed by atoms with E-state index in [0.29, 0.717) is 12.3 Å². The van der Waals surface area contributed by atoms with Gasteiger partial charge in [0, 0.05) is 17.2 Å². The van der Waals surface area contributed by atoms with E-state index >= 15 is 0 Å². The van der Waals surface area contributed by atoms with Crippen LogP contribution < -0.4 is 10.0 Å². The SMILES string of the molecule is Cc1noc(C)c1S(=O)(=O)N[C@@H](C)C(=O)NCCSc1ccccc1. The minimum atomic E-state index is -3.87. The normalized spacial score (nSPS) is 12.8. The van der Waals surface area contributed by atoms with Crippen LogP contribution in [0.5, 0.6) is 0 Å². The van der Waals surface area contributed by atoms with Gasteiger partial charge in [-0.05, 0) is 32.9 Å². The van der Waals surface area contributed by atoms with E-state index in [-0.39, 0.29) is 22.3 Å². The molecule has 0 fully saturated rings. The third-order valence-corrected chi connectivity index (χ3v) is 6.17. The molecule has 0 radical (unpaired) electrons. The predicted octanol–water partition coefficient (Wildman–Crippen LogP) is 1.87. The van der Waals surface area contributed by atoms with Gasteiger partial charge in [0.15, 0.2) is 5.76 Å². The van der Waals surface area contributed by atoms with E-state index in [2.05, 4.69) is 15.2 Å². The van der Waals surface area contributed by atoms with Crippen molar-refractivity contribution in [2.75, 3.05) is 12.3 Å². The summed E-state index contributed by atoms with van der Waals surface area (Å²) in [5.74, 6) is 0.500. The molecule has 0 unspecified atom stereocenters. The van der Waals surface area contributed by atoms with Crippen LogP contribution in [-0.2, 0) is 14.8 Å². The zero-order valence-electron chi connectivity index (χ0n) is 14.3. The first kappa shape index (κ1) is 19.5. The highest BCUT2D eigenvalue weighted by atomic mass is 32.2. The zero-order valence-corrected chi connectivity index (χ0v) is 15.9. The van der Waals surface area contributed by atoms with E-state index in [9.17, 15) is 13.2 Å². The summed E-state index contributed by atoms with van der Waals surface area (Å²) in [6.07, 6.45) is 0. The summed E-state index contributed by atoms with van der Waals surface area (Å²) in [7, 11) is -3.87. The quantitative estimate of drug-likeness (QED) is 0.533. The molecule has 2 rings (SSSR count). The van der Waals surface area contributed by atoms with Crippen LogP contribution in [0.1, 0.15) is 18.4 Å². The predicted molar refractivity (Wildman–Crippen MR) is 95.9 cm³/mol. The molecule has 1 atom stereocenters. The number of nitrogens with zero attached hydrogens (tertiary/aromatic N) is 1. The molecule has 1 aromatic carbocycles. The number of carbonyl (C=O) groups excluding carboxylic acids is 1. The van der Waals surface area contributed by atoms with Crippen molar-refractivity contribution in [3.8, 4) is 0 Å². The summed E-state index contributed by atoms with van der Waals surface area (Å²) in [4.78, 5) is 13.2. The summed E-state index contributed by atoms with van der Waals surface area (Å²) in [6, 6.07) is 8.93. The molecule has 0 aliphatic carbocycles. The molecule has 2 aromatic rings. The Morgan fingerprint density at radius 2 is 1.96 bits per heavy atom. The van der Waals surface area contributed by atoms with Crippen molar-refractivity contribution in [1.82, 2.24) is 15.2 Å². The molecule has 0 saturated carbocycles. The molecular formula is C16H21N3O4S2. The molecule has 25 heavy (non-hydrogen) atoms. The van der Waals surface area contributed by atoms with E-state index in [1.807, 2.05) is 30.3 Å². The monoisotopic (exact) mass is 383 g/mol. The number of hydrogen-bond donors (Lipinski definition) is 2. The van der Waals surface area contributed by atoms with Gasteiger partial charge in [-0.2, -0.15) is 4.72 Å². The number of sulfonamides is 1. The van der Waals surface area contributed by atoms with Crippen LogP contribution in [0.2, 0.25) is 0 Å². The summed E-state index contributed by atoms with van der Waals surface area (Å²) >= 11 is 1.62. The number of nitrogens with one attached hydrogen (secondary N) is 2. The molecule has 1 amide bonds. The van der Waals surface area contributed by atoms with E-state index in [1.165, 1.54) is 20.8 Å². The summed E-state index contributed by atoms with van der Waals surface area (Å²) in [5, 5.41) is 6.35. The zero-order chi connectivity index (χ0) is 18.4. The number of aryl methyl sites for hydroxylation is 2. The van der Waals surface area contributed by atoms with Crippen LogP contribution in [0.25, 0.3) is 0 Å². The fourth-order valence-electron chi connectivity index (χ4n) is 2.22. The maximum absolute atomic E-state index is 12.4. The first-order valence-corrected chi connectivity index (χ1v) is 10.2. The second kappa shape index (κ2) is 8.50. The first-order valence-electron chi connectivity index (χ1n) is 7.72. The van der Waals surface area contributed by atoms with Crippen molar-refractivity contribution in [3.63, 3.8) is 0 Å². The molecule has 0 aliphatic heterocycles. The summed E-state index contributed by atoms with van der Waals surface area (Å²) < 4.78 is 32.0. The van der Waals surface area contributed by atoms with E-state index < -0.39 is 16.1 Å². The highest BCUT2D eigenvalue weighted by molar-refractivity contribution is 7.99. The fraction of sp³-hybridized carbons (Fsp3) is 0.375. The molecule has 7 nitrogen and oxygen atoms in total. The molecule has 136 valence electrons. The molecule has 0 bridgehead atoms.